The number of nitrogens with one attached hydrogen (secondary N) is 1. The lowest BCUT2D eigenvalue weighted by molar-refractivity contribution is -0.122. The fourth-order valence-corrected chi connectivity index (χ4v) is 2.58. The van der Waals surface area contributed by atoms with Crippen molar-refractivity contribution >= 4 is 29.2 Å². The van der Waals surface area contributed by atoms with E-state index in [1.807, 2.05) is 32.0 Å². The number of esters is 1. The SMILES string of the molecule is CCOC(=O)c1cc(NC(=O)C(C)Oc2ccc(C)cc2C)ccc1Cl. The average molecular weight is 376 g/mol. The summed E-state index contributed by atoms with van der Waals surface area (Å²) in [5.41, 5.74) is 2.73. The third-order valence-electron chi connectivity index (χ3n) is 3.73. The monoisotopic (exact) mass is 375 g/mol. The number of carbonyl (C=O) groups excluding carboxylic acids is 2. The fourth-order valence-electron chi connectivity index (χ4n) is 2.39. The summed E-state index contributed by atoms with van der Waals surface area (Å²) in [4.78, 5) is 24.3. The van der Waals surface area contributed by atoms with Crippen LogP contribution in [0.1, 0.15) is 35.3 Å². The summed E-state index contributed by atoms with van der Waals surface area (Å²) in [6.45, 7) is 7.54. The topological polar surface area (TPSA) is 64.6 Å². The van der Waals surface area contributed by atoms with Gasteiger partial charge in [-0.2, -0.15) is 0 Å². The number of hydrogen-bond acceptors (Lipinski definition) is 4. The van der Waals surface area contributed by atoms with Crippen LogP contribution in [0.2, 0.25) is 5.02 Å². The van der Waals surface area contributed by atoms with Gasteiger partial charge in [0.15, 0.2) is 6.10 Å². The van der Waals surface area contributed by atoms with E-state index in [4.69, 9.17) is 21.1 Å². The summed E-state index contributed by atoms with van der Waals surface area (Å²) < 4.78 is 10.7. The van der Waals surface area contributed by atoms with Gasteiger partial charge in [0.25, 0.3) is 5.91 Å². The van der Waals surface area contributed by atoms with Gasteiger partial charge in [-0.25, -0.2) is 4.79 Å². The highest BCUT2D eigenvalue weighted by Gasteiger charge is 2.18. The molecule has 0 heterocycles. The van der Waals surface area contributed by atoms with Crippen LogP contribution in [0.4, 0.5) is 5.69 Å². The number of aryl methyl sites for hydroxylation is 2. The Hall–Kier alpha value is -2.53. The van der Waals surface area contributed by atoms with E-state index in [1.54, 1.807) is 26.0 Å². The Balaban J connectivity index is 2.09. The van der Waals surface area contributed by atoms with Gasteiger partial charge in [0, 0.05) is 5.69 Å². The molecule has 0 saturated heterocycles. The molecule has 0 saturated carbocycles. The number of amides is 1. The number of benzene rings is 2. The van der Waals surface area contributed by atoms with E-state index in [-0.39, 0.29) is 23.1 Å². The second kappa shape index (κ2) is 8.72. The van der Waals surface area contributed by atoms with Crippen LogP contribution in [0.5, 0.6) is 5.75 Å². The second-order valence-electron chi connectivity index (χ2n) is 5.93. The Labute approximate surface area is 158 Å². The van der Waals surface area contributed by atoms with E-state index >= 15 is 0 Å². The maximum Gasteiger partial charge on any atom is 0.339 e. The lowest BCUT2D eigenvalue weighted by Gasteiger charge is -2.17. The van der Waals surface area contributed by atoms with Crippen LogP contribution in [0.3, 0.4) is 0 Å². The summed E-state index contributed by atoms with van der Waals surface area (Å²) >= 11 is 6.03. The van der Waals surface area contributed by atoms with Crippen molar-refractivity contribution in [1.29, 1.82) is 0 Å². The van der Waals surface area contributed by atoms with Crippen LogP contribution >= 0.6 is 11.6 Å². The maximum absolute atomic E-state index is 12.4. The fraction of sp³-hybridized carbons (Fsp3) is 0.300. The van der Waals surface area contributed by atoms with Crippen molar-refractivity contribution < 1.29 is 19.1 Å². The maximum atomic E-state index is 12.4. The molecule has 2 aromatic rings. The molecular weight excluding hydrogens is 354 g/mol. The van der Waals surface area contributed by atoms with Crippen LogP contribution in [0, 0.1) is 13.8 Å². The van der Waals surface area contributed by atoms with Gasteiger partial charge in [-0.3, -0.25) is 4.79 Å². The first-order valence-corrected chi connectivity index (χ1v) is 8.71. The van der Waals surface area contributed by atoms with Gasteiger partial charge < -0.3 is 14.8 Å². The summed E-state index contributed by atoms with van der Waals surface area (Å²) in [7, 11) is 0. The third kappa shape index (κ3) is 4.99. The molecule has 0 aliphatic heterocycles. The van der Waals surface area contributed by atoms with Gasteiger partial charge >= 0.3 is 5.97 Å². The zero-order valence-corrected chi connectivity index (χ0v) is 16.0. The average Bonchev–Trinajstić information content (AvgIpc) is 2.59. The molecule has 1 amide bonds. The summed E-state index contributed by atoms with van der Waals surface area (Å²) in [5.74, 6) is -0.211. The van der Waals surface area contributed by atoms with Crippen molar-refractivity contribution in [2.24, 2.45) is 0 Å². The van der Waals surface area contributed by atoms with Crippen molar-refractivity contribution in [3.8, 4) is 5.75 Å². The Morgan fingerprint density at radius 2 is 1.88 bits per heavy atom. The van der Waals surface area contributed by atoms with Gasteiger partial charge in [-0.15, -0.1) is 0 Å². The van der Waals surface area contributed by atoms with Gasteiger partial charge in [0.2, 0.25) is 0 Å². The van der Waals surface area contributed by atoms with Crippen LogP contribution in [0.15, 0.2) is 36.4 Å². The Morgan fingerprint density at radius 3 is 2.54 bits per heavy atom. The summed E-state index contributed by atoms with van der Waals surface area (Å²) in [6, 6.07) is 10.4. The van der Waals surface area contributed by atoms with E-state index in [1.165, 1.54) is 6.07 Å². The van der Waals surface area contributed by atoms with E-state index < -0.39 is 12.1 Å². The van der Waals surface area contributed by atoms with Crippen LogP contribution in [0.25, 0.3) is 0 Å². The third-order valence-corrected chi connectivity index (χ3v) is 4.06. The largest absolute Gasteiger partial charge is 0.481 e. The normalized spacial score (nSPS) is 11.6. The lowest BCUT2D eigenvalue weighted by atomic mass is 10.1. The molecule has 0 fully saturated rings. The molecule has 0 aromatic heterocycles. The van der Waals surface area contributed by atoms with Crippen molar-refractivity contribution in [2.75, 3.05) is 11.9 Å². The number of halogens is 1. The van der Waals surface area contributed by atoms with Crippen LogP contribution in [-0.4, -0.2) is 24.6 Å². The predicted molar refractivity (Wildman–Crippen MR) is 102 cm³/mol. The van der Waals surface area contributed by atoms with Crippen LogP contribution in [-0.2, 0) is 9.53 Å². The summed E-state index contributed by atoms with van der Waals surface area (Å²) in [6.07, 6.45) is -0.710. The second-order valence-corrected chi connectivity index (χ2v) is 6.34. The highest BCUT2D eigenvalue weighted by Crippen LogP contribution is 2.23. The Bertz CT molecular complexity index is 819. The standard InChI is InChI=1S/C20H22ClNO4/c1-5-25-20(24)16-11-15(7-8-17(16)21)22-19(23)14(4)26-18-9-6-12(2)10-13(18)3/h6-11,14H,5H2,1-4H3,(H,22,23). The van der Waals surface area contributed by atoms with Gasteiger partial charge in [-0.05, 0) is 57.5 Å². The molecule has 2 aromatic carbocycles. The molecule has 26 heavy (non-hydrogen) atoms. The zero-order chi connectivity index (χ0) is 19.3. The number of rotatable bonds is 6. The highest BCUT2D eigenvalue weighted by atomic mass is 35.5. The molecule has 1 atom stereocenters. The highest BCUT2D eigenvalue weighted by molar-refractivity contribution is 6.33. The van der Waals surface area contributed by atoms with E-state index in [0.717, 1.165) is 11.1 Å². The lowest BCUT2D eigenvalue weighted by Crippen LogP contribution is -2.30. The molecule has 2 rings (SSSR count). The van der Waals surface area contributed by atoms with Crippen molar-refractivity contribution in [3.05, 3.63) is 58.1 Å². The first-order valence-electron chi connectivity index (χ1n) is 8.33. The minimum absolute atomic E-state index is 0.203. The van der Waals surface area contributed by atoms with Crippen molar-refractivity contribution in [1.82, 2.24) is 0 Å². The summed E-state index contributed by atoms with van der Waals surface area (Å²) in [5, 5.41) is 2.99. The minimum atomic E-state index is -0.710. The molecule has 1 N–H and O–H groups in total. The van der Waals surface area contributed by atoms with Crippen molar-refractivity contribution in [3.63, 3.8) is 0 Å². The first-order chi connectivity index (χ1) is 12.3. The van der Waals surface area contributed by atoms with Gasteiger partial charge in [0.1, 0.15) is 5.75 Å². The molecular formula is C20H22ClNO4. The van der Waals surface area contributed by atoms with E-state index in [0.29, 0.717) is 11.4 Å². The Kier molecular flexibility index (Phi) is 6.64. The predicted octanol–water partition coefficient (Wildman–Crippen LogP) is 4.54. The smallest absolute Gasteiger partial charge is 0.339 e. The van der Waals surface area contributed by atoms with E-state index in [2.05, 4.69) is 5.32 Å². The quantitative estimate of drug-likeness (QED) is 0.753. The van der Waals surface area contributed by atoms with Gasteiger partial charge in [-0.1, -0.05) is 29.3 Å². The van der Waals surface area contributed by atoms with Gasteiger partial charge in [0.05, 0.1) is 17.2 Å². The molecule has 0 aliphatic carbocycles. The number of carbonyl (C=O) groups is 2. The number of hydrogen-bond donors (Lipinski definition) is 1. The molecule has 0 aliphatic rings. The van der Waals surface area contributed by atoms with Crippen LogP contribution < -0.4 is 10.1 Å². The van der Waals surface area contributed by atoms with E-state index in [9.17, 15) is 9.59 Å². The molecule has 138 valence electrons. The number of anilines is 1. The molecule has 1 unspecified atom stereocenters. The molecule has 0 radical (unpaired) electrons. The zero-order valence-electron chi connectivity index (χ0n) is 15.3. The van der Waals surface area contributed by atoms with Crippen molar-refractivity contribution in [2.45, 2.75) is 33.8 Å². The molecule has 0 bridgehead atoms. The molecule has 0 spiro atoms. The Morgan fingerprint density at radius 1 is 1.15 bits per heavy atom. The minimum Gasteiger partial charge on any atom is -0.481 e. The molecule has 5 nitrogen and oxygen atoms in total. The molecule has 6 heteroatoms. The number of ether oxygens (including phenoxy) is 2. The first kappa shape index (κ1) is 19.8.